The number of furan rings is 2. The number of rotatable bonds is 4. The van der Waals surface area contributed by atoms with Crippen molar-refractivity contribution >= 4 is 0 Å². The summed E-state index contributed by atoms with van der Waals surface area (Å²) in [6.45, 7) is 6.82. The fourth-order valence-corrected chi connectivity index (χ4v) is 1.76. The maximum atomic E-state index is 5.64. The van der Waals surface area contributed by atoms with E-state index in [1.807, 2.05) is 38.1 Å². The van der Waals surface area contributed by atoms with Crippen molar-refractivity contribution in [1.82, 2.24) is 5.32 Å². The van der Waals surface area contributed by atoms with Crippen LogP contribution in [0.1, 0.15) is 36.0 Å². The molecule has 0 aliphatic carbocycles. The Hall–Kier alpha value is -1.48. The Morgan fingerprint density at radius 2 is 1.50 bits per heavy atom. The lowest BCUT2D eigenvalue weighted by Crippen LogP contribution is -2.20. The molecule has 3 nitrogen and oxygen atoms in total. The smallest absolute Gasteiger partial charge is 0.128 e. The highest BCUT2D eigenvalue weighted by atomic mass is 16.4. The van der Waals surface area contributed by atoms with Crippen molar-refractivity contribution in [3.8, 4) is 0 Å². The van der Waals surface area contributed by atoms with Crippen LogP contribution in [0.4, 0.5) is 0 Å². The molecule has 0 aliphatic heterocycles. The Bertz CT molecular complexity index is 416. The van der Waals surface area contributed by atoms with Gasteiger partial charge < -0.3 is 14.2 Å². The lowest BCUT2D eigenvalue weighted by Gasteiger charge is -2.12. The van der Waals surface area contributed by atoms with Gasteiger partial charge in [-0.2, -0.15) is 0 Å². The summed E-state index contributed by atoms with van der Waals surface area (Å²) in [6.07, 6.45) is 0. The molecule has 0 spiro atoms. The first-order valence-electron chi connectivity index (χ1n) is 5.56. The van der Waals surface area contributed by atoms with Crippen LogP contribution in [0.15, 0.2) is 33.1 Å². The van der Waals surface area contributed by atoms with Gasteiger partial charge >= 0.3 is 0 Å². The molecule has 0 saturated carbocycles. The van der Waals surface area contributed by atoms with E-state index >= 15 is 0 Å². The van der Waals surface area contributed by atoms with Gasteiger partial charge in [0.05, 0.1) is 0 Å². The van der Waals surface area contributed by atoms with E-state index in [0.717, 1.165) is 29.6 Å². The fourth-order valence-electron chi connectivity index (χ4n) is 1.76. The Morgan fingerprint density at radius 3 is 1.81 bits per heavy atom. The van der Waals surface area contributed by atoms with Crippen LogP contribution in [0.5, 0.6) is 0 Å². The van der Waals surface area contributed by atoms with Crippen molar-refractivity contribution in [2.45, 2.75) is 26.8 Å². The standard InChI is InChI=1S/C13H17NO2/c1-4-14-13(11-7-5-9(2)15-11)12-8-6-10(3)16-12/h5-8,13-14H,4H2,1-3H3. The summed E-state index contributed by atoms with van der Waals surface area (Å²) in [6, 6.07) is 7.92. The average molecular weight is 219 g/mol. The zero-order valence-electron chi connectivity index (χ0n) is 9.91. The minimum atomic E-state index is 0.00685. The number of hydrogen-bond donors (Lipinski definition) is 1. The van der Waals surface area contributed by atoms with Crippen molar-refractivity contribution in [1.29, 1.82) is 0 Å². The summed E-state index contributed by atoms with van der Waals surface area (Å²) in [5.41, 5.74) is 0. The lowest BCUT2D eigenvalue weighted by molar-refractivity contribution is 0.378. The largest absolute Gasteiger partial charge is 0.464 e. The Labute approximate surface area is 95.5 Å². The third-order valence-electron chi connectivity index (χ3n) is 2.50. The molecule has 0 amide bonds. The molecule has 1 N–H and O–H groups in total. The molecule has 86 valence electrons. The van der Waals surface area contributed by atoms with Gasteiger partial charge in [-0.15, -0.1) is 0 Å². The maximum absolute atomic E-state index is 5.64. The highest BCUT2D eigenvalue weighted by molar-refractivity contribution is 5.21. The van der Waals surface area contributed by atoms with Gasteiger partial charge in [0.25, 0.3) is 0 Å². The van der Waals surface area contributed by atoms with Crippen LogP contribution >= 0.6 is 0 Å². The fraction of sp³-hybridized carbons (Fsp3) is 0.385. The summed E-state index contributed by atoms with van der Waals surface area (Å²) in [5.74, 6) is 3.63. The quantitative estimate of drug-likeness (QED) is 0.858. The van der Waals surface area contributed by atoms with E-state index in [2.05, 4.69) is 12.2 Å². The molecule has 0 aliphatic rings. The molecule has 0 saturated heterocycles. The van der Waals surface area contributed by atoms with Crippen molar-refractivity contribution in [3.05, 3.63) is 47.3 Å². The second-order valence-electron chi connectivity index (χ2n) is 3.89. The normalized spacial score (nSPS) is 11.2. The average Bonchev–Trinajstić information content (AvgIpc) is 2.84. The molecule has 2 aromatic rings. The summed E-state index contributed by atoms with van der Waals surface area (Å²) >= 11 is 0. The van der Waals surface area contributed by atoms with Gasteiger partial charge in [-0.1, -0.05) is 6.92 Å². The Balaban J connectivity index is 2.30. The highest BCUT2D eigenvalue weighted by Gasteiger charge is 2.19. The molecule has 0 aromatic carbocycles. The van der Waals surface area contributed by atoms with Crippen LogP contribution in [-0.2, 0) is 0 Å². The van der Waals surface area contributed by atoms with Gasteiger partial charge in [0.15, 0.2) is 0 Å². The molecule has 0 bridgehead atoms. The summed E-state index contributed by atoms with van der Waals surface area (Å²) in [7, 11) is 0. The topological polar surface area (TPSA) is 38.3 Å². The molecule has 0 atom stereocenters. The van der Waals surface area contributed by atoms with Gasteiger partial charge in [0.2, 0.25) is 0 Å². The van der Waals surface area contributed by atoms with E-state index in [4.69, 9.17) is 8.83 Å². The van der Waals surface area contributed by atoms with E-state index < -0.39 is 0 Å². The first kappa shape index (κ1) is 11.0. The van der Waals surface area contributed by atoms with Gasteiger partial charge in [-0.05, 0) is 44.7 Å². The second kappa shape index (κ2) is 4.58. The molecule has 3 heteroatoms. The van der Waals surface area contributed by atoms with Crippen LogP contribution in [0, 0.1) is 13.8 Å². The monoisotopic (exact) mass is 219 g/mol. The van der Waals surface area contributed by atoms with E-state index in [9.17, 15) is 0 Å². The molecule has 2 aromatic heterocycles. The van der Waals surface area contributed by atoms with Gasteiger partial charge in [0, 0.05) is 0 Å². The molecular weight excluding hydrogens is 202 g/mol. The van der Waals surface area contributed by atoms with Crippen LogP contribution in [0.25, 0.3) is 0 Å². The SMILES string of the molecule is CCNC(c1ccc(C)o1)c1ccc(C)o1. The van der Waals surface area contributed by atoms with E-state index in [0.29, 0.717) is 0 Å². The van der Waals surface area contributed by atoms with Gasteiger partial charge in [-0.25, -0.2) is 0 Å². The predicted octanol–water partition coefficient (Wildman–Crippen LogP) is 3.19. The third-order valence-corrected chi connectivity index (χ3v) is 2.50. The van der Waals surface area contributed by atoms with Gasteiger partial charge in [0.1, 0.15) is 29.1 Å². The number of aryl methyl sites for hydroxylation is 2. The lowest BCUT2D eigenvalue weighted by atomic mass is 10.1. The van der Waals surface area contributed by atoms with E-state index in [-0.39, 0.29) is 6.04 Å². The minimum absolute atomic E-state index is 0.00685. The van der Waals surface area contributed by atoms with Crippen molar-refractivity contribution < 1.29 is 8.83 Å². The van der Waals surface area contributed by atoms with E-state index in [1.165, 1.54) is 0 Å². The Morgan fingerprint density at radius 1 is 1.00 bits per heavy atom. The van der Waals surface area contributed by atoms with Crippen molar-refractivity contribution in [2.75, 3.05) is 6.54 Å². The van der Waals surface area contributed by atoms with Crippen molar-refractivity contribution in [3.63, 3.8) is 0 Å². The summed E-state index contributed by atoms with van der Waals surface area (Å²) in [4.78, 5) is 0. The molecule has 0 unspecified atom stereocenters. The van der Waals surface area contributed by atoms with Crippen LogP contribution in [0.3, 0.4) is 0 Å². The molecular formula is C13H17NO2. The maximum Gasteiger partial charge on any atom is 0.128 e. The van der Waals surface area contributed by atoms with Crippen molar-refractivity contribution in [2.24, 2.45) is 0 Å². The molecule has 0 fully saturated rings. The van der Waals surface area contributed by atoms with Crippen LogP contribution in [0.2, 0.25) is 0 Å². The van der Waals surface area contributed by atoms with Crippen LogP contribution in [-0.4, -0.2) is 6.54 Å². The highest BCUT2D eigenvalue weighted by Crippen LogP contribution is 2.25. The minimum Gasteiger partial charge on any atom is -0.464 e. The first-order valence-corrected chi connectivity index (χ1v) is 5.56. The van der Waals surface area contributed by atoms with Crippen LogP contribution < -0.4 is 5.32 Å². The molecule has 2 heterocycles. The second-order valence-corrected chi connectivity index (χ2v) is 3.89. The van der Waals surface area contributed by atoms with E-state index in [1.54, 1.807) is 0 Å². The Kier molecular flexibility index (Phi) is 3.15. The molecule has 16 heavy (non-hydrogen) atoms. The zero-order chi connectivity index (χ0) is 11.5. The zero-order valence-corrected chi connectivity index (χ0v) is 9.91. The molecule has 0 radical (unpaired) electrons. The summed E-state index contributed by atoms with van der Waals surface area (Å²) < 4.78 is 11.3. The molecule has 2 rings (SSSR count). The third kappa shape index (κ3) is 2.19. The first-order chi connectivity index (χ1) is 7.70. The number of nitrogens with one attached hydrogen (secondary N) is 1. The van der Waals surface area contributed by atoms with Gasteiger partial charge in [-0.3, -0.25) is 0 Å². The predicted molar refractivity (Wildman–Crippen MR) is 62.4 cm³/mol. The number of hydrogen-bond acceptors (Lipinski definition) is 3. The summed E-state index contributed by atoms with van der Waals surface area (Å²) in [5, 5.41) is 3.35.